The second-order valence-electron chi connectivity index (χ2n) is 3.89. The first kappa shape index (κ1) is 13.2. The molecule has 0 unspecified atom stereocenters. The van der Waals surface area contributed by atoms with Gasteiger partial charge in [0.15, 0.2) is 0 Å². The second kappa shape index (κ2) is 5.16. The Kier molecular flexibility index (Phi) is 3.77. The van der Waals surface area contributed by atoms with Crippen molar-refractivity contribution in [3.05, 3.63) is 35.2 Å². The summed E-state index contributed by atoms with van der Waals surface area (Å²) in [7, 11) is 0. The van der Waals surface area contributed by atoms with Gasteiger partial charge in [-0.1, -0.05) is 11.6 Å². The van der Waals surface area contributed by atoms with Crippen LogP contribution < -0.4 is 5.32 Å². The van der Waals surface area contributed by atoms with Crippen molar-refractivity contribution in [3.8, 4) is 0 Å². The first-order valence-electron chi connectivity index (χ1n) is 5.35. The van der Waals surface area contributed by atoms with Crippen molar-refractivity contribution in [2.45, 2.75) is 19.1 Å². The summed E-state index contributed by atoms with van der Waals surface area (Å²) < 4.78 is 37.5. The van der Waals surface area contributed by atoms with Gasteiger partial charge in [0.25, 0.3) is 0 Å². The van der Waals surface area contributed by atoms with Crippen molar-refractivity contribution in [3.63, 3.8) is 0 Å². The van der Waals surface area contributed by atoms with Gasteiger partial charge < -0.3 is 9.72 Å². The molecule has 0 spiro atoms. The number of nitrogens with zero attached hydrogens (tertiary/aromatic N) is 2. The van der Waals surface area contributed by atoms with Crippen LogP contribution in [0, 0.1) is 0 Å². The lowest BCUT2D eigenvalue weighted by Crippen LogP contribution is -2.21. The predicted octanol–water partition coefficient (Wildman–Crippen LogP) is 3.03. The van der Waals surface area contributed by atoms with Crippen molar-refractivity contribution in [2.75, 3.05) is 6.54 Å². The number of pyridine rings is 1. The van der Waals surface area contributed by atoms with E-state index in [1.54, 1.807) is 28.9 Å². The Morgan fingerprint density at radius 2 is 2.06 bits per heavy atom. The molecule has 2 heterocycles. The molecule has 1 N–H and O–H groups in total. The lowest BCUT2D eigenvalue weighted by molar-refractivity contribution is -0.133. The number of halogens is 4. The van der Waals surface area contributed by atoms with Gasteiger partial charge in [-0.25, -0.2) is 4.98 Å². The summed E-state index contributed by atoms with van der Waals surface area (Å²) in [5.74, 6) is 0. The lowest BCUT2D eigenvalue weighted by Gasteiger charge is -2.05. The highest BCUT2D eigenvalue weighted by Crippen LogP contribution is 2.18. The number of hydrogen-bond donors (Lipinski definition) is 1. The monoisotopic (exact) mass is 277 g/mol. The van der Waals surface area contributed by atoms with Crippen LogP contribution >= 0.6 is 11.6 Å². The Hall–Kier alpha value is -1.27. The van der Waals surface area contributed by atoms with Gasteiger partial charge in [0.05, 0.1) is 17.1 Å². The van der Waals surface area contributed by atoms with Gasteiger partial charge in [0.2, 0.25) is 0 Å². The maximum Gasteiger partial charge on any atom is 0.390 e. The Bertz CT molecular complexity index is 536. The molecule has 2 aromatic rings. The summed E-state index contributed by atoms with van der Waals surface area (Å²) in [6.07, 6.45) is -1.53. The van der Waals surface area contributed by atoms with Gasteiger partial charge in [-0.15, -0.1) is 0 Å². The van der Waals surface area contributed by atoms with Crippen molar-refractivity contribution in [2.24, 2.45) is 0 Å². The molecule has 0 aliphatic rings. The highest BCUT2D eigenvalue weighted by atomic mass is 35.5. The molecule has 0 aliphatic heterocycles. The SMILES string of the molecule is FC(F)(F)CCNCc1cn2cc(Cl)ccc2n1. The van der Waals surface area contributed by atoms with E-state index in [9.17, 15) is 13.2 Å². The topological polar surface area (TPSA) is 29.3 Å². The van der Waals surface area contributed by atoms with Crippen LogP contribution in [-0.2, 0) is 6.54 Å². The highest BCUT2D eigenvalue weighted by Gasteiger charge is 2.25. The van der Waals surface area contributed by atoms with Gasteiger partial charge in [-0.3, -0.25) is 0 Å². The minimum Gasteiger partial charge on any atom is -0.311 e. The number of fused-ring (bicyclic) bond motifs is 1. The molecule has 0 atom stereocenters. The van der Waals surface area contributed by atoms with Crippen LogP contribution in [0.15, 0.2) is 24.5 Å². The molecule has 98 valence electrons. The van der Waals surface area contributed by atoms with Crippen LogP contribution in [0.1, 0.15) is 12.1 Å². The van der Waals surface area contributed by atoms with E-state index in [4.69, 9.17) is 11.6 Å². The van der Waals surface area contributed by atoms with E-state index in [0.29, 0.717) is 22.9 Å². The number of nitrogens with one attached hydrogen (secondary N) is 1. The molecule has 2 rings (SSSR count). The summed E-state index contributed by atoms with van der Waals surface area (Å²) in [6, 6.07) is 3.46. The van der Waals surface area contributed by atoms with Crippen LogP contribution in [0.5, 0.6) is 0 Å². The quantitative estimate of drug-likeness (QED) is 0.871. The minimum atomic E-state index is -4.13. The zero-order valence-corrected chi connectivity index (χ0v) is 10.1. The molecule has 0 saturated heterocycles. The first-order chi connectivity index (χ1) is 8.44. The van der Waals surface area contributed by atoms with Crippen LogP contribution in [0.4, 0.5) is 13.2 Å². The summed E-state index contributed by atoms with van der Waals surface area (Å²) in [5.41, 5.74) is 1.39. The maximum absolute atomic E-state index is 11.9. The molecule has 0 aliphatic carbocycles. The lowest BCUT2D eigenvalue weighted by atomic mass is 10.4. The molecule has 7 heteroatoms. The molecule has 0 aromatic carbocycles. The zero-order valence-electron chi connectivity index (χ0n) is 9.34. The zero-order chi connectivity index (χ0) is 13.2. The Balaban J connectivity index is 1.92. The van der Waals surface area contributed by atoms with Crippen molar-refractivity contribution < 1.29 is 13.2 Å². The summed E-state index contributed by atoms with van der Waals surface area (Å²) >= 11 is 5.82. The standard InChI is InChI=1S/C11H11ClF3N3/c12-8-1-2-10-17-9(7-18(10)6-8)5-16-4-3-11(13,14)15/h1-2,6-7,16H,3-5H2. The summed E-state index contributed by atoms with van der Waals surface area (Å²) in [4.78, 5) is 4.25. The van der Waals surface area contributed by atoms with E-state index >= 15 is 0 Å². The van der Waals surface area contributed by atoms with Crippen LogP contribution in [-0.4, -0.2) is 22.1 Å². The second-order valence-corrected chi connectivity index (χ2v) is 4.32. The van der Waals surface area contributed by atoms with Crippen LogP contribution in [0.3, 0.4) is 0 Å². The molecule has 0 fully saturated rings. The van der Waals surface area contributed by atoms with Crippen molar-refractivity contribution in [1.82, 2.24) is 14.7 Å². The minimum absolute atomic E-state index is 0.113. The van der Waals surface area contributed by atoms with E-state index in [1.807, 2.05) is 0 Å². The normalized spacial score (nSPS) is 12.2. The first-order valence-corrected chi connectivity index (χ1v) is 5.72. The van der Waals surface area contributed by atoms with Crippen molar-refractivity contribution in [1.29, 1.82) is 0 Å². The molecule has 2 aromatic heterocycles. The van der Waals surface area contributed by atoms with Crippen molar-refractivity contribution >= 4 is 17.2 Å². The maximum atomic E-state index is 11.9. The molecule has 0 bridgehead atoms. The molecule has 0 saturated carbocycles. The largest absolute Gasteiger partial charge is 0.390 e. The molecule has 3 nitrogen and oxygen atoms in total. The molecule has 0 amide bonds. The fourth-order valence-corrected chi connectivity index (χ4v) is 1.72. The van der Waals surface area contributed by atoms with Gasteiger partial charge in [0, 0.05) is 25.5 Å². The van der Waals surface area contributed by atoms with Crippen LogP contribution in [0.2, 0.25) is 5.02 Å². The molecule has 18 heavy (non-hydrogen) atoms. The predicted molar refractivity (Wildman–Crippen MR) is 62.6 cm³/mol. The smallest absolute Gasteiger partial charge is 0.311 e. The van der Waals surface area contributed by atoms with E-state index in [-0.39, 0.29) is 6.54 Å². The number of aromatic nitrogens is 2. The van der Waals surface area contributed by atoms with E-state index < -0.39 is 12.6 Å². The fourth-order valence-electron chi connectivity index (χ4n) is 1.55. The summed E-state index contributed by atoms with van der Waals surface area (Å²) in [5, 5.41) is 3.29. The molecular weight excluding hydrogens is 267 g/mol. The number of rotatable bonds is 4. The molecule has 0 radical (unpaired) electrons. The van der Waals surface area contributed by atoms with Gasteiger partial charge in [-0.05, 0) is 12.1 Å². The Morgan fingerprint density at radius 3 is 2.78 bits per heavy atom. The third-order valence-electron chi connectivity index (χ3n) is 2.36. The van der Waals surface area contributed by atoms with Gasteiger partial charge >= 0.3 is 6.18 Å². The average molecular weight is 278 g/mol. The summed E-state index contributed by atoms with van der Waals surface area (Å²) in [6.45, 7) is 0.188. The third-order valence-corrected chi connectivity index (χ3v) is 2.58. The number of hydrogen-bond acceptors (Lipinski definition) is 2. The number of alkyl halides is 3. The van der Waals surface area contributed by atoms with Crippen LogP contribution in [0.25, 0.3) is 5.65 Å². The third kappa shape index (κ3) is 3.61. The highest BCUT2D eigenvalue weighted by molar-refractivity contribution is 6.30. The van der Waals surface area contributed by atoms with E-state index in [0.717, 1.165) is 0 Å². The molecular formula is C11H11ClF3N3. The van der Waals surface area contributed by atoms with E-state index in [1.165, 1.54) is 0 Å². The fraction of sp³-hybridized carbons (Fsp3) is 0.364. The van der Waals surface area contributed by atoms with Gasteiger partial charge in [0.1, 0.15) is 5.65 Å². The number of imidazole rings is 1. The van der Waals surface area contributed by atoms with E-state index in [2.05, 4.69) is 10.3 Å². The Labute approximate surface area is 107 Å². The van der Waals surface area contributed by atoms with Gasteiger partial charge in [-0.2, -0.15) is 13.2 Å². The Morgan fingerprint density at radius 1 is 1.28 bits per heavy atom. The average Bonchev–Trinajstić information content (AvgIpc) is 2.65.